The molecule has 2 aromatic rings. The van der Waals surface area contributed by atoms with Crippen molar-refractivity contribution in [2.75, 3.05) is 0 Å². The number of hydrogen-bond acceptors (Lipinski definition) is 3. The zero-order valence-electron chi connectivity index (χ0n) is 11.6. The fraction of sp³-hybridized carbons (Fsp3) is 0.312. The molecule has 1 aromatic heterocycles. The fourth-order valence-corrected chi connectivity index (χ4v) is 2.18. The van der Waals surface area contributed by atoms with E-state index in [2.05, 4.69) is 24.9 Å². The summed E-state index contributed by atoms with van der Waals surface area (Å²) in [6.45, 7) is 6.08. The van der Waals surface area contributed by atoms with Crippen molar-refractivity contribution in [3.8, 4) is 5.75 Å². The molecule has 1 heterocycles. The quantitative estimate of drug-likeness (QED) is 0.914. The van der Waals surface area contributed by atoms with Crippen molar-refractivity contribution >= 4 is 0 Å². The van der Waals surface area contributed by atoms with Gasteiger partial charge in [0.15, 0.2) is 0 Å². The minimum atomic E-state index is -0.163. The lowest BCUT2D eigenvalue weighted by Crippen LogP contribution is -2.29. The zero-order chi connectivity index (χ0) is 13.8. The predicted molar refractivity (Wildman–Crippen MR) is 77.2 cm³/mol. The van der Waals surface area contributed by atoms with Gasteiger partial charge in [-0.25, -0.2) is 0 Å². The van der Waals surface area contributed by atoms with Crippen LogP contribution in [0.25, 0.3) is 0 Å². The van der Waals surface area contributed by atoms with Gasteiger partial charge in [0.05, 0.1) is 0 Å². The molecule has 0 spiro atoms. The largest absolute Gasteiger partial charge is 0.484 e. The van der Waals surface area contributed by atoms with Crippen LogP contribution >= 0.6 is 0 Å². The van der Waals surface area contributed by atoms with Crippen molar-refractivity contribution < 1.29 is 4.74 Å². The molecule has 0 aliphatic carbocycles. The maximum Gasteiger partial charge on any atom is 0.139 e. The van der Waals surface area contributed by atoms with Gasteiger partial charge in [-0.15, -0.1) is 0 Å². The molecule has 0 fully saturated rings. The standard InChI is InChI=1S/C16H20N2O/c1-11-8-12(2)10-15(9-11)19-16(13(3)17)14-4-6-18-7-5-14/h4-10,13,16H,17H2,1-3H3. The minimum absolute atomic E-state index is 0.0942. The van der Waals surface area contributed by atoms with Gasteiger partial charge in [-0.1, -0.05) is 6.07 Å². The van der Waals surface area contributed by atoms with E-state index in [-0.39, 0.29) is 12.1 Å². The first kappa shape index (κ1) is 13.6. The number of rotatable bonds is 4. The van der Waals surface area contributed by atoms with Gasteiger partial charge in [0.1, 0.15) is 11.9 Å². The van der Waals surface area contributed by atoms with Crippen LogP contribution in [0.3, 0.4) is 0 Å². The van der Waals surface area contributed by atoms with E-state index in [1.807, 2.05) is 31.2 Å². The zero-order valence-corrected chi connectivity index (χ0v) is 11.6. The van der Waals surface area contributed by atoms with Crippen molar-refractivity contribution in [1.29, 1.82) is 0 Å². The number of nitrogens with two attached hydrogens (primary N) is 1. The highest BCUT2D eigenvalue weighted by Gasteiger charge is 2.18. The molecule has 1 aromatic carbocycles. The van der Waals surface area contributed by atoms with Gasteiger partial charge in [-0.05, 0) is 61.7 Å². The van der Waals surface area contributed by atoms with E-state index in [0.29, 0.717) is 0 Å². The lowest BCUT2D eigenvalue weighted by molar-refractivity contribution is 0.180. The summed E-state index contributed by atoms with van der Waals surface area (Å²) in [5.41, 5.74) is 9.47. The summed E-state index contributed by atoms with van der Waals surface area (Å²) >= 11 is 0. The highest BCUT2D eigenvalue weighted by molar-refractivity contribution is 5.34. The number of aromatic nitrogens is 1. The Morgan fingerprint density at radius 3 is 2.16 bits per heavy atom. The first-order chi connectivity index (χ1) is 9.06. The second-order valence-electron chi connectivity index (χ2n) is 5.00. The van der Waals surface area contributed by atoms with Crippen LogP contribution in [-0.4, -0.2) is 11.0 Å². The molecule has 2 N–H and O–H groups in total. The Morgan fingerprint density at radius 1 is 1.05 bits per heavy atom. The predicted octanol–water partition coefficient (Wildman–Crippen LogP) is 3.17. The van der Waals surface area contributed by atoms with Gasteiger partial charge in [-0.2, -0.15) is 0 Å². The third-order valence-electron chi connectivity index (χ3n) is 2.97. The average Bonchev–Trinajstić information content (AvgIpc) is 2.35. The maximum atomic E-state index is 6.07. The lowest BCUT2D eigenvalue weighted by Gasteiger charge is -2.23. The third kappa shape index (κ3) is 3.55. The van der Waals surface area contributed by atoms with E-state index in [9.17, 15) is 0 Å². The summed E-state index contributed by atoms with van der Waals surface area (Å²) in [5, 5.41) is 0. The molecule has 0 aliphatic rings. The van der Waals surface area contributed by atoms with E-state index in [0.717, 1.165) is 11.3 Å². The number of hydrogen-bond donors (Lipinski definition) is 1. The molecule has 0 amide bonds. The van der Waals surface area contributed by atoms with Crippen molar-refractivity contribution in [3.63, 3.8) is 0 Å². The van der Waals surface area contributed by atoms with E-state index in [4.69, 9.17) is 10.5 Å². The van der Waals surface area contributed by atoms with Crippen LogP contribution in [0, 0.1) is 13.8 Å². The highest BCUT2D eigenvalue weighted by atomic mass is 16.5. The Bertz CT molecular complexity index is 517. The molecule has 100 valence electrons. The van der Waals surface area contributed by atoms with Crippen LogP contribution < -0.4 is 10.5 Å². The number of ether oxygens (including phenoxy) is 1. The van der Waals surface area contributed by atoms with E-state index >= 15 is 0 Å². The van der Waals surface area contributed by atoms with Crippen LogP contribution in [0.5, 0.6) is 5.75 Å². The monoisotopic (exact) mass is 256 g/mol. The fourth-order valence-electron chi connectivity index (χ4n) is 2.18. The van der Waals surface area contributed by atoms with Crippen molar-refractivity contribution in [1.82, 2.24) is 4.98 Å². The third-order valence-corrected chi connectivity index (χ3v) is 2.97. The molecular formula is C16H20N2O. The molecule has 3 heteroatoms. The second kappa shape index (κ2) is 5.85. The summed E-state index contributed by atoms with van der Waals surface area (Å²) in [6.07, 6.45) is 3.36. The Labute approximate surface area is 114 Å². The van der Waals surface area contributed by atoms with E-state index in [1.165, 1.54) is 11.1 Å². The molecule has 0 saturated carbocycles. The molecule has 2 atom stereocenters. The Kier molecular flexibility index (Phi) is 4.17. The number of aryl methyl sites for hydroxylation is 2. The van der Waals surface area contributed by atoms with Crippen molar-refractivity contribution in [2.24, 2.45) is 5.73 Å². The van der Waals surface area contributed by atoms with Gasteiger partial charge in [0.25, 0.3) is 0 Å². The molecule has 0 saturated heterocycles. The molecule has 0 bridgehead atoms. The number of nitrogens with zero attached hydrogens (tertiary/aromatic N) is 1. The van der Waals surface area contributed by atoms with Crippen molar-refractivity contribution in [3.05, 3.63) is 59.4 Å². The van der Waals surface area contributed by atoms with Crippen LogP contribution in [-0.2, 0) is 0 Å². The molecule has 2 rings (SSSR count). The van der Waals surface area contributed by atoms with Gasteiger partial charge in [0, 0.05) is 18.4 Å². The SMILES string of the molecule is Cc1cc(C)cc(OC(c2ccncc2)C(C)N)c1. The smallest absolute Gasteiger partial charge is 0.139 e. The van der Waals surface area contributed by atoms with Crippen molar-refractivity contribution in [2.45, 2.75) is 32.9 Å². The summed E-state index contributed by atoms with van der Waals surface area (Å²) < 4.78 is 6.07. The topological polar surface area (TPSA) is 48.1 Å². The molecule has 19 heavy (non-hydrogen) atoms. The molecular weight excluding hydrogens is 236 g/mol. The lowest BCUT2D eigenvalue weighted by atomic mass is 10.1. The van der Waals surface area contributed by atoms with Crippen LogP contribution in [0.4, 0.5) is 0 Å². The van der Waals surface area contributed by atoms with Crippen LogP contribution in [0.2, 0.25) is 0 Å². The normalized spacial score (nSPS) is 13.9. The van der Waals surface area contributed by atoms with Gasteiger partial charge >= 0.3 is 0 Å². The Hall–Kier alpha value is -1.87. The van der Waals surface area contributed by atoms with E-state index in [1.54, 1.807) is 12.4 Å². The molecule has 0 radical (unpaired) electrons. The maximum absolute atomic E-state index is 6.07. The average molecular weight is 256 g/mol. The van der Waals surface area contributed by atoms with Gasteiger partial charge in [0.2, 0.25) is 0 Å². The summed E-state index contributed by atoms with van der Waals surface area (Å²) in [6, 6.07) is 9.98. The number of benzene rings is 1. The minimum Gasteiger partial charge on any atom is -0.484 e. The Morgan fingerprint density at radius 2 is 1.63 bits per heavy atom. The molecule has 2 unspecified atom stereocenters. The molecule has 3 nitrogen and oxygen atoms in total. The molecule has 0 aliphatic heterocycles. The van der Waals surface area contributed by atoms with Crippen LogP contribution in [0.1, 0.15) is 29.7 Å². The first-order valence-electron chi connectivity index (χ1n) is 6.46. The van der Waals surface area contributed by atoms with Gasteiger partial charge < -0.3 is 10.5 Å². The Balaban J connectivity index is 2.27. The summed E-state index contributed by atoms with van der Waals surface area (Å²) in [7, 11) is 0. The summed E-state index contributed by atoms with van der Waals surface area (Å²) in [5.74, 6) is 0.858. The van der Waals surface area contributed by atoms with Crippen LogP contribution in [0.15, 0.2) is 42.7 Å². The highest BCUT2D eigenvalue weighted by Crippen LogP contribution is 2.25. The first-order valence-corrected chi connectivity index (χ1v) is 6.46. The second-order valence-corrected chi connectivity index (χ2v) is 5.00. The van der Waals surface area contributed by atoms with E-state index < -0.39 is 0 Å². The summed E-state index contributed by atoms with van der Waals surface area (Å²) in [4.78, 5) is 4.03. The van der Waals surface area contributed by atoms with Gasteiger partial charge in [-0.3, -0.25) is 4.98 Å². The number of pyridine rings is 1.